The zero-order valence-corrected chi connectivity index (χ0v) is 66.8. The third-order valence-electron chi connectivity index (χ3n) is 19.0. The predicted molar refractivity (Wildman–Crippen MR) is 405 cm³/mol. The molecule has 6 atom stereocenters. The molecule has 0 aliphatic heterocycles. The van der Waals surface area contributed by atoms with Crippen LogP contribution in [0.15, 0.2) is 0 Å². The Morgan fingerprint density at radius 1 is 0.293 bits per heavy atom. The Morgan fingerprint density at radius 2 is 0.515 bits per heavy atom. The molecular formula is C80H156O17P2. The van der Waals surface area contributed by atoms with E-state index in [2.05, 4.69) is 48.5 Å². The third-order valence-corrected chi connectivity index (χ3v) is 20.9. The second-order valence-electron chi connectivity index (χ2n) is 30.0. The van der Waals surface area contributed by atoms with E-state index in [9.17, 15) is 43.2 Å². The minimum Gasteiger partial charge on any atom is -0.462 e. The first kappa shape index (κ1) is 97.1. The molecule has 17 nitrogen and oxygen atoms in total. The fourth-order valence-electron chi connectivity index (χ4n) is 12.3. The van der Waals surface area contributed by atoms with E-state index in [1.807, 2.05) is 0 Å². The van der Waals surface area contributed by atoms with Crippen molar-refractivity contribution >= 4 is 39.5 Å². The van der Waals surface area contributed by atoms with Crippen LogP contribution in [0.2, 0.25) is 0 Å². The first-order valence-electron chi connectivity index (χ1n) is 41.4. The van der Waals surface area contributed by atoms with Crippen LogP contribution in [0.5, 0.6) is 0 Å². The number of phosphoric ester groups is 2. The summed E-state index contributed by atoms with van der Waals surface area (Å²) in [6, 6.07) is 0. The quantitative estimate of drug-likeness (QED) is 0.0222. The van der Waals surface area contributed by atoms with Gasteiger partial charge in [0.05, 0.1) is 26.4 Å². The van der Waals surface area contributed by atoms with E-state index >= 15 is 0 Å². The molecule has 0 bridgehead atoms. The summed E-state index contributed by atoms with van der Waals surface area (Å²) in [6.45, 7) is 12.0. The molecule has 0 saturated carbocycles. The van der Waals surface area contributed by atoms with Gasteiger partial charge in [0, 0.05) is 25.7 Å². The molecule has 0 aliphatic rings. The molecule has 99 heavy (non-hydrogen) atoms. The Kier molecular flexibility index (Phi) is 69.0. The summed E-state index contributed by atoms with van der Waals surface area (Å²) >= 11 is 0. The Morgan fingerprint density at radius 3 is 0.768 bits per heavy atom. The second-order valence-corrected chi connectivity index (χ2v) is 32.9. The van der Waals surface area contributed by atoms with Crippen LogP contribution in [0.1, 0.15) is 414 Å². The van der Waals surface area contributed by atoms with Crippen molar-refractivity contribution in [2.75, 3.05) is 39.6 Å². The summed E-state index contributed by atoms with van der Waals surface area (Å²) < 4.78 is 68.7. The molecule has 0 amide bonds. The molecule has 3 unspecified atom stereocenters. The summed E-state index contributed by atoms with van der Waals surface area (Å²) in [7, 11) is -9.92. The molecule has 3 N–H and O–H groups in total. The van der Waals surface area contributed by atoms with Gasteiger partial charge in [-0.25, -0.2) is 9.13 Å². The van der Waals surface area contributed by atoms with E-state index in [-0.39, 0.29) is 25.7 Å². The van der Waals surface area contributed by atoms with Crippen LogP contribution in [0.3, 0.4) is 0 Å². The van der Waals surface area contributed by atoms with Gasteiger partial charge in [0.2, 0.25) is 0 Å². The normalized spacial score (nSPS) is 14.3. The highest BCUT2D eigenvalue weighted by atomic mass is 31.2. The second kappa shape index (κ2) is 70.4. The number of aliphatic hydroxyl groups excluding tert-OH is 1. The maximum absolute atomic E-state index is 13.1. The van der Waals surface area contributed by atoms with Crippen LogP contribution in [0.4, 0.5) is 0 Å². The Hall–Kier alpha value is -1.94. The average Bonchev–Trinajstić information content (AvgIpc) is 1.02. The number of esters is 4. The highest BCUT2D eigenvalue weighted by molar-refractivity contribution is 7.47. The fraction of sp³-hybridized carbons (Fsp3) is 0.950. The molecule has 0 rings (SSSR count). The lowest BCUT2D eigenvalue weighted by Gasteiger charge is -2.21. The molecule has 0 aromatic carbocycles. The van der Waals surface area contributed by atoms with Gasteiger partial charge in [0.15, 0.2) is 12.2 Å². The number of rotatable bonds is 78. The van der Waals surface area contributed by atoms with Crippen molar-refractivity contribution < 1.29 is 80.2 Å². The van der Waals surface area contributed by atoms with Crippen molar-refractivity contribution in [3.05, 3.63) is 0 Å². The molecule has 0 aromatic rings. The van der Waals surface area contributed by atoms with Gasteiger partial charge >= 0.3 is 39.5 Å². The van der Waals surface area contributed by atoms with Crippen molar-refractivity contribution in [2.45, 2.75) is 433 Å². The number of aliphatic hydroxyl groups is 1. The SMILES string of the molecule is CCCCCCCCCCCCCC(=O)OC[C@H](COP(=O)(O)OC[C@H](O)COP(=O)(O)OC[C@@H](COC(=O)CCCCCCCCCCCCC(C)CC)OC(=O)CCCCCCCCCCCCCCCCCCCCC(C)C)OC(=O)CCCCCCCCCCCCC(C)C. The average molecular weight is 1450 g/mol. The molecular weight excluding hydrogens is 1290 g/mol. The van der Waals surface area contributed by atoms with Crippen molar-refractivity contribution in [1.29, 1.82) is 0 Å². The summed E-state index contributed by atoms with van der Waals surface area (Å²) in [5, 5.41) is 10.6. The van der Waals surface area contributed by atoms with Crippen molar-refractivity contribution in [2.24, 2.45) is 17.8 Å². The van der Waals surface area contributed by atoms with Gasteiger partial charge in [0.25, 0.3) is 0 Å². The van der Waals surface area contributed by atoms with Crippen LogP contribution < -0.4 is 0 Å². The molecule has 588 valence electrons. The van der Waals surface area contributed by atoms with E-state index < -0.39 is 97.5 Å². The number of unbranched alkanes of at least 4 members (excludes halogenated alkanes) is 45. The minimum atomic E-state index is -4.96. The van der Waals surface area contributed by atoms with Crippen LogP contribution >= 0.6 is 15.6 Å². The largest absolute Gasteiger partial charge is 0.472 e. The first-order chi connectivity index (χ1) is 47.8. The van der Waals surface area contributed by atoms with Crippen LogP contribution in [-0.2, 0) is 65.4 Å². The lowest BCUT2D eigenvalue weighted by atomic mass is 9.99. The van der Waals surface area contributed by atoms with E-state index in [4.69, 9.17) is 37.0 Å². The Balaban J connectivity index is 5.23. The molecule has 0 saturated heterocycles. The van der Waals surface area contributed by atoms with E-state index in [0.29, 0.717) is 25.7 Å². The fourth-order valence-corrected chi connectivity index (χ4v) is 13.9. The third kappa shape index (κ3) is 72.8. The Labute approximate surface area is 607 Å². The van der Waals surface area contributed by atoms with Gasteiger partial charge in [-0.15, -0.1) is 0 Å². The molecule has 0 fully saturated rings. The highest BCUT2D eigenvalue weighted by Crippen LogP contribution is 2.45. The standard InChI is InChI=1S/C80H156O17P2/c1-8-10-11-12-13-14-23-33-40-47-54-61-77(82)90-67-76(97-80(85)64-57-50-43-36-28-26-31-38-45-52-59-72(5)6)70-95-99(88,89)93-66-74(81)65-92-98(86,87)94-69-75(68-91-78(83)62-55-48-41-34-29-27-32-39-46-53-60-73(7)9-2)96-79(84)63-56-49-42-35-25-22-20-18-16-15-17-19-21-24-30-37-44-51-58-71(3)4/h71-76,81H,8-70H2,1-7H3,(H,86,87)(H,88,89)/t73?,74-,75-,76-/m1/s1. The van der Waals surface area contributed by atoms with Gasteiger partial charge in [-0.2, -0.15) is 0 Å². The lowest BCUT2D eigenvalue weighted by molar-refractivity contribution is -0.161. The number of carbonyl (C=O) groups is 4. The summed E-state index contributed by atoms with van der Waals surface area (Å²) in [6.07, 6.45) is 58.2. The van der Waals surface area contributed by atoms with Gasteiger partial charge in [0.1, 0.15) is 19.3 Å². The smallest absolute Gasteiger partial charge is 0.462 e. The molecule has 0 radical (unpaired) electrons. The lowest BCUT2D eigenvalue weighted by Crippen LogP contribution is -2.30. The van der Waals surface area contributed by atoms with Gasteiger partial charge in [-0.05, 0) is 43.4 Å². The highest BCUT2D eigenvalue weighted by Gasteiger charge is 2.30. The monoisotopic (exact) mass is 1450 g/mol. The molecule has 19 heteroatoms. The number of hydrogen-bond donors (Lipinski definition) is 3. The van der Waals surface area contributed by atoms with Crippen molar-refractivity contribution in [3.63, 3.8) is 0 Å². The van der Waals surface area contributed by atoms with E-state index in [1.165, 1.54) is 225 Å². The molecule has 0 aliphatic carbocycles. The maximum atomic E-state index is 13.1. The molecule has 0 aromatic heterocycles. The van der Waals surface area contributed by atoms with Crippen molar-refractivity contribution in [3.8, 4) is 0 Å². The number of ether oxygens (including phenoxy) is 4. The van der Waals surface area contributed by atoms with E-state index in [1.54, 1.807) is 0 Å². The van der Waals surface area contributed by atoms with Crippen LogP contribution in [-0.4, -0.2) is 96.7 Å². The zero-order chi connectivity index (χ0) is 73.0. The van der Waals surface area contributed by atoms with Gasteiger partial charge < -0.3 is 33.8 Å². The summed E-state index contributed by atoms with van der Waals surface area (Å²) in [5.41, 5.74) is 0. The van der Waals surface area contributed by atoms with Crippen LogP contribution in [0.25, 0.3) is 0 Å². The maximum Gasteiger partial charge on any atom is 0.472 e. The summed E-state index contributed by atoms with van der Waals surface area (Å²) in [4.78, 5) is 73.0. The number of hydrogen-bond acceptors (Lipinski definition) is 15. The van der Waals surface area contributed by atoms with Crippen molar-refractivity contribution in [1.82, 2.24) is 0 Å². The Bertz CT molecular complexity index is 1920. The molecule has 0 heterocycles. The zero-order valence-electron chi connectivity index (χ0n) is 65.0. The van der Waals surface area contributed by atoms with Crippen LogP contribution in [0, 0.1) is 17.8 Å². The minimum absolute atomic E-state index is 0.106. The van der Waals surface area contributed by atoms with Gasteiger partial charge in [-0.3, -0.25) is 37.3 Å². The first-order valence-corrected chi connectivity index (χ1v) is 44.4. The predicted octanol–water partition coefficient (Wildman–Crippen LogP) is 23.7. The number of phosphoric acid groups is 2. The van der Waals surface area contributed by atoms with Gasteiger partial charge in [-0.1, -0.05) is 363 Å². The summed E-state index contributed by atoms with van der Waals surface area (Å²) in [5.74, 6) is 0.270. The van der Waals surface area contributed by atoms with E-state index in [0.717, 1.165) is 108 Å². The molecule has 0 spiro atoms. The topological polar surface area (TPSA) is 237 Å². The number of carbonyl (C=O) groups excluding carboxylic acids is 4.